The van der Waals surface area contributed by atoms with Crippen molar-refractivity contribution in [1.82, 2.24) is 4.98 Å². The van der Waals surface area contributed by atoms with Gasteiger partial charge in [-0.15, -0.1) is 11.3 Å². The predicted molar refractivity (Wildman–Crippen MR) is 127 cm³/mol. The Bertz CT molecular complexity index is 1170. The molecule has 1 aliphatic rings. The first kappa shape index (κ1) is 23.0. The SMILES string of the molecule is Cc1cnc(N2c3cccc(C(=O)Nc4ccc(OC(C)(C)C)c(F)c4)c3OCC2CO)s1. The zero-order chi connectivity index (χ0) is 23.8. The Morgan fingerprint density at radius 2 is 2.15 bits per heavy atom. The number of benzene rings is 2. The topological polar surface area (TPSA) is 83.9 Å². The Kier molecular flexibility index (Phi) is 6.27. The number of nitrogens with one attached hydrogen (secondary N) is 1. The minimum Gasteiger partial charge on any atom is -0.488 e. The van der Waals surface area contributed by atoms with Gasteiger partial charge in [0.05, 0.1) is 23.9 Å². The summed E-state index contributed by atoms with van der Waals surface area (Å²) in [7, 11) is 0. The summed E-state index contributed by atoms with van der Waals surface area (Å²) >= 11 is 1.49. The molecule has 7 nitrogen and oxygen atoms in total. The molecule has 1 amide bonds. The average Bonchev–Trinajstić information content (AvgIpc) is 3.19. The van der Waals surface area contributed by atoms with E-state index in [1.807, 2.05) is 38.7 Å². The predicted octanol–water partition coefficient (Wildman–Crippen LogP) is 4.91. The lowest BCUT2D eigenvalue weighted by Gasteiger charge is -2.36. The zero-order valence-electron chi connectivity index (χ0n) is 18.9. The van der Waals surface area contributed by atoms with Crippen LogP contribution in [0.15, 0.2) is 42.6 Å². The first-order chi connectivity index (χ1) is 15.7. The van der Waals surface area contributed by atoms with Crippen molar-refractivity contribution in [1.29, 1.82) is 0 Å². The van der Waals surface area contributed by atoms with E-state index < -0.39 is 17.3 Å². The van der Waals surface area contributed by atoms with Crippen LogP contribution < -0.4 is 19.7 Å². The van der Waals surface area contributed by atoms with Crippen molar-refractivity contribution >= 4 is 33.8 Å². The maximum atomic E-state index is 14.5. The van der Waals surface area contributed by atoms with Gasteiger partial charge in [-0.25, -0.2) is 9.37 Å². The second-order valence-electron chi connectivity index (χ2n) is 8.74. The standard InChI is InChI=1S/C24H26FN3O4S/c1-14-11-26-23(33-14)28-16(12-29)13-31-21-17(6-5-7-19(21)28)22(30)27-15-8-9-20(18(25)10-15)32-24(2,3)4/h5-11,16,29H,12-13H2,1-4H3,(H,27,30). The van der Waals surface area contributed by atoms with Crippen molar-refractivity contribution in [2.24, 2.45) is 0 Å². The summed E-state index contributed by atoms with van der Waals surface area (Å²) in [5.74, 6) is -0.496. The number of ether oxygens (including phenoxy) is 2. The van der Waals surface area contributed by atoms with E-state index in [0.29, 0.717) is 27.8 Å². The second-order valence-corrected chi connectivity index (χ2v) is 9.95. The molecule has 3 aromatic rings. The third-order valence-corrected chi connectivity index (χ3v) is 5.83. The number of rotatable bonds is 5. The lowest BCUT2D eigenvalue weighted by molar-refractivity contribution is 0.102. The van der Waals surface area contributed by atoms with Gasteiger partial charge in [-0.05, 0) is 52.0 Å². The number of fused-ring (bicyclic) bond motifs is 1. The largest absolute Gasteiger partial charge is 0.488 e. The van der Waals surface area contributed by atoms with Gasteiger partial charge in [0.15, 0.2) is 22.4 Å². The highest BCUT2D eigenvalue weighted by atomic mass is 32.1. The number of para-hydroxylation sites is 1. The molecule has 0 fully saturated rings. The fourth-order valence-electron chi connectivity index (χ4n) is 3.53. The van der Waals surface area contributed by atoms with Gasteiger partial charge in [0.2, 0.25) is 0 Å². The molecule has 33 heavy (non-hydrogen) atoms. The van der Waals surface area contributed by atoms with E-state index in [4.69, 9.17) is 9.47 Å². The Morgan fingerprint density at radius 1 is 1.36 bits per heavy atom. The maximum absolute atomic E-state index is 14.5. The number of halogens is 1. The molecule has 0 saturated heterocycles. The highest BCUT2D eigenvalue weighted by Crippen LogP contribution is 2.42. The molecule has 174 valence electrons. The molecule has 2 heterocycles. The van der Waals surface area contributed by atoms with Crippen LogP contribution in [0.2, 0.25) is 0 Å². The molecule has 0 radical (unpaired) electrons. The Labute approximate surface area is 195 Å². The summed E-state index contributed by atoms with van der Waals surface area (Å²) < 4.78 is 26.0. The molecule has 0 saturated carbocycles. The van der Waals surface area contributed by atoms with Crippen LogP contribution in [0.5, 0.6) is 11.5 Å². The lowest BCUT2D eigenvalue weighted by atomic mass is 10.1. The number of hydrogen-bond acceptors (Lipinski definition) is 7. The van der Waals surface area contributed by atoms with E-state index >= 15 is 0 Å². The van der Waals surface area contributed by atoms with E-state index in [0.717, 1.165) is 4.88 Å². The number of aliphatic hydroxyl groups is 1. The monoisotopic (exact) mass is 471 g/mol. The average molecular weight is 472 g/mol. The van der Waals surface area contributed by atoms with Crippen molar-refractivity contribution < 1.29 is 23.8 Å². The van der Waals surface area contributed by atoms with E-state index in [1.165, 1.54) is 23.5 Å². The Morgan fingerprint density at radius 3 is 2.79 bits per heavy atom. The first-order valence-electron chi connectivity index (χ1n) is 10.5. The number of carbonyl (C=O) groups is 1. The number of amides is 1. The van der Waals surface area contributed by atoms with E-state index in [-0.39, 0.29) is 25.0 Å². The van der Waals surface area contributed by atoms with E-state index in [2.05, 4.69) is 10.3 Å². The van der Waals surface area contributed by atoms with Crippen LogP contribution >= 0.6 is 11.3 Å². The van der Waals surface area contributed by atoms with Crippen LogP contribution in [-0.2, 0) is 0 Å². The number of thiazole rings is 1. The van der Waals surface area contributed by atoms with Crippen LogP contribution in [-0.4, -0.2) is 40.9 Å². The molecule has 1 aliphatic heterocycles. The molecule has 9 heteroatoms. The van der Waals surface area contributed by atoms with Gasteiger partial charge in [0, 0.05) is 22.8 Å². The molecule has 0 aliphatic carbocycles. The summed E-state index contributed by atoms with van der Waals surface area (Å²) in [5, 5.41) is 13.3. The summed E-state index contributed by atoms with van der Waals surface area (Å²) in [4.78, 5) is 20.5. The van der Waals surface area contributed by atoms with Gasteiger partial charge in [-0.1, -0.05) is 6.07 Å². The first-order valence-corrected chi connectivity index (χ1v) is 11.4. The van der Waals surface area contributed by atoms with Gasteiger partial charge < -0.3 is 24.8 Å². The van der Waals surface area contributed by atoms with Gasteiger partial charge in [0.25, 0.3) is 5.91 Å². The number of aliphatic hydroxyl groups excluding tert-OH is 1. The Balaban J connectivity index is 1.62. The van der Waals surface area contributed by atoms with Gasteiger partial charge >= 0.3 is 0 Å². The number of nitrogens with zero attached hydrogens (tertiary/aromatic N) is 2. The summed E-state index contributed by atoms with van der Waals surface area (Å²) in [6.07, 6.45) is 1.77. The minimum atomic E-state index is -0.565. The van der Waals surface area contributed by atoms with Gasteiger partial charge in [-0.2, -0.15) is 0 Å². The summed E-state index contributed by atoms with van der Waals surface area (Å²) in [6.45, 7) is 7.52. The van der Waals surface area contributed by atoms with Crippen LogP contribution in [0.1, 0.15) is 36.0 Å². The number of aryl methyl sites for hydroxylation is 1. The molecule has 0 bridgehead atoms. The Hall–Kier alpha value is -3.17. The molecule has 1 atom stereocenters. The number of carbonyl (C=O) groups excluding carboxylic acids is 1. The van der Waals surface area contributed by atoms with Crippen molar-refractivity contribution in [3.05, 3.63) is 58.9 Å². The molecule has 2 aromatic carbocycles. The molecule has 4 rings (SSSR count). The van der Waals surface area contributed by atoms with Crippen LogP contribution in [0.4, 0.5) is 20.9 Å². The van der Waals surface area contributed by atoms with Crippen molar-refractivity contribution in [3.63, 3.8) is 0 Å². The third kappa shape index (κ3) is 4.94. The molecular weight excluding hydrogens is 445 g/mol. The highest BCUT2D eigenvalue weighted by molar-refractivity contribution is 7.15. The van der Waals surface area contributed by atoms with Crippen LogP contribution in [0, 0.1) is 12.7 Å². The lowest BCUT2D eigenvalue weighted by Crippen LogP contribution is -2.42. The van der Waals surface area contributed by atoms with Crippen LogP contribution in [0.25, 0.3) is 0 Å². The van der Waals surface area contributed by atoms with Crippen molar-refractivity contribution in [2.45, 2.75) is 39.3 Å². The molecule has 1 unspecified atom stereocenters. The number of anilines is 3. The normalized spacial score (nSPS) is 15.6. The molecule has 0 spiro atoms. The van der Waals surface area contributed by atoms with Crippen molar-refractivity contribution in [2.75, 3.05) is 23.4 Å². The number of hydrogen-bond donors (Lipinski definition) is 2. The fourth-order valence-corrected chi connectivity index (χ4v) is 4.38. The molecular formula is C24H26FN3O4S. The molecule has 1 aromatic heterocycles. The second kappa shape index (κ2) is 8.99. The minimum absolute atomic E-state index is 0.116. The smallest absolute Gasteiger partial charge is 0.259 e. The van der Waals surface area contributed by atoms with E-state index in [1.54, 1.807) is 24.4 Å². The zero-order valence-corrected chi connectivity index (χ0v) is 19.7. The third-order valence-electron chi connectivity index (χ3n) is 4.92. The van der Waals surface area contributed by atoms with Crippen molar-refractivity contribution in [3.8, 4) is 11.5 Å². The quantitative estimate of drug-likeness (QED) is 0.550. The fraction of sp³-hybridized carbons (Fsp3) is 0.333. The van der Waals surface area contributed by atoms with Gasteiger partial charge in [0.1, 0.15) is 12.2 Å². The maximum Gasteiger partial charge on any atom is 0.259 e. The highest BCUT2D eigenvalue weighted by Gasteiger charge is 2.33. The van der Waals surface area contributed by atoms with Gasteiger partial charge in [-0.3, -0.25) is 4.79 Å². The molecule has 2 N–H and O–H groups in total. The van der Waals surface area contributed by atoms with E-state index in [9.17, 15) is 14.3 Å². The summed E-state index contributed by atoms with van der Waals surface area (Å²) in [6, 6.07) is 9.18. The van der Waals surface area contributed by atoms with Crippen LogP contribution in [0.3, 0.4) is 0 Å². The summed E-state index contributed by atoms with van der Waals surface area (Å²) in [5.41, 5.74) is 0.702. The number of aromatic nitrogens is 1.